The SMILES string of the molecule is O=C(O)OC(=O)C1(c2ccccc2)CC1c1ccccc1. The molecule has 1 N–H and O–H groups in total. The third kappa shape index (κ3) is 2.29. The van der Waals surface area contributed by atoms with Crippen LogP contribution < -0.4 is 0 Å². The van der Waals surface area contributed by atoms with Crippen LogP contribution in [0.1, 0.15) is 23.5 Å². The topological polar surface area (TPSA) is 63.6 Å². The number of esters is 1. The monoisotopic (exact) mass is 282 g/mol. The maximum absolute atomic E-state index is 12.3. The van der Waals surface area contributed by atoms with E-state index < -0.39 is 17.5 Å². The van der Waals surface area contributed by atoms with Gasteiger partial charge in [0, 0.05) is 5.92 Å². The van der Waals surface area contributed by atoms with Crippen molar-refractivity contribution in [1.82, 2.24) is 0 Å². The van der Waals surface area contributed by atoms with Crippen molar-refractivity contribution < 1.29 is 19.4 Å². The first-order valence-electron chi connectivity index (χ1n) is 6.70. The highest BCUT2D eigenvalue weighted by molar-refractivity contribution is 5.94. The largest absolute Gasteiger partial charge is 0.513 e. The Morgan fingerprint density at radius 1 is 1.00 bits per heavy atom. The Hall–Kier alpha value is -2.62. The maximum Gasteiger partial charge on any atom is 0.513 e. The molecule has 4 nitrogen and oxygen atoms in total. The van der Waals surface area contributed by atoms with Gasteiger partial charge >= 0.3 is 12.1 Å². The van der Waals surface area contributed by atoms with Crippen LogP contribution in [0.25, 0.3) is 0 Å². The average Bonchev–Trinajstić information content (AvgIpc) is 3.25. The zero-order valence-electron chi connectivity index (χ0n) is 11.2. The number of carboxylic acid groups (broad SMARTS) is 1. The van der Waals surface area contributed by atoms with Crippen LogP contribution in [0.15, 0.2) is 60.7 Å². The summed E-state index contributed by atoms with van der Waals surface area (Å²) in [5.74, 6) is -0.747. The molecule has 0 radical (unpaired) electrons. The molecule has 1 fully saturated rings. The second-order valence-electron chi connectivity index (χ2n) is 5.16. The molecule has 3 rings (SSSR count). The van der Waals surface area contributed by atoms with Crippen LogP contribution in [0.2, 0.25) is 0 Å². The number of carbonyl (C=O) groups excluding carboxylic acids is 1. The molecule has 2 atom stereocenters. The van der Waals surface area contributed by atoms with Gasteiger partial charge in [0.25, 0.3) is 0 Å². The van der Waals surface area contributed by atoms with Crippen molar-refractivity contribution in [3.63, 3.8) is 0 Å². The van der Waals surface area contributed by atoms with Gasteiger partial charge in [-0.1, -0.05) is 60.7 Å². The van der Waals surface area contributed by atoms with Crippen LogP contribution in [0.3, 0.4) is 0 Å². The summed E-state index contributed by atoms with van der Waals surface area (Å²) >= 11 is 0. The van der Waals surface area contributed by atoms with Gasteiger partial charge in [0.2, 0.25) is 0 Å². The van der Waals surface area contributed by atoms with Gasteiger partial charge in [-0.05, 0) is 17.5 Å². The first kappa shape index (κ1) is 13.4. The van der Waals surface area contributed by atoms with Gasteiger partial charge in [0.1, 0.15) is 5.41 Å². The molecular formula is C17H14O4. The Morgan fingerprint density at radius 3 is 2.14 bits per heavy atom. The Morgan fingerprint density at radius 2 is 1.57 bits per heavy atom. The minimum Gasteiger partial charge on any atom is -0.449 e. The van der Waals surface area contributed by atoms with E-state index in [1.165, 1.54) is 0 Å². The molecule has 0 spiro atoms. The van der Waals surface area contributed by atoms with E-state index in [0.717, 1.165) is 11.1 Å². The molecule has 1 aliphatic carbocycles. The summed E-state index contributed by atoms with van der Waals surface area (Å²) in [6, 6.07) is 18.8. The van der Waals surface area contributed by atoms with Crippen LogP contribution in [-0.4, -0.2) is 17.2 Å². The lowest BCUT2D eigenvalue weighted by atomic mass is 9.91. The first-order chi connectivity index (χ1) is 10.1. The molecule has 4 heteroatoms. The van der Waals surface area contributed by atoms with Crippen molar-refractivity contribution in [2.75, 3.05) is 0 Å². The van der Waals surface area contributed by atoms with E-state index in [9.17, 15) is 9.59 Å². The minimum atomic E-state index is -1.56. The highest BCUT2D eigenvalue weighted by Crippen LogP contribution is 2.61. The molecular weight excluding hydrogens is 268 g/mol. The second kappa shape index (κ2) is 5.05. The van der Waals surface area contributed by atoms with E-state index in [4.69, 9.17) is 5.11 Å². The first-order valence-corrected chi connectivity index (χ1v) is 6.70. The highest BCUT2D eigenvalue weighted by atomic mass is 16.7. The molecule has 2 unspecified atom stereocenters. The van der Waals surface area contributed by atoms with E-state index in [-0.39, 0.29) is 5.92 Å². The summed E-state index contributed by atoms with van der Waals surface area (Å²) in [4.78, 5) is 23.0. The Labute approximate surface area is 122 Å². The summed E-state index contributed by atoms with van der Waals surface area (Å²) < 4.78 is 4.46. The smallest absolute Gasteiger partial charge is 0.449 e. The molecule has 0 saturated heterocycles. The Kier molecular flexibility index (Phi) is 3.22. The van der Waals surface area contributed by atoms with E-state index in [0.29, 0.717) is 6.42 Å². The number of carbonyl (C=O) groups is 2. The van der Waals surface area contributed by atoms with Crippen LogP contribution in [0, 0.1) is 0 Å². The number of benzene rings is 2. The van der Waals surface area contributed by atoms with Crippen molar-refractivity contribution >= 4 is 12.1 Å². The minimum absolute atomic E-state index is 0.0482. The normalized spacial score (nSPS) is 23.3. The molecule has 0 heterocycles. The standard InChI is InChI=1S/C17H14O4/c18-15(21-16(19)20)17(13-9-5-2-6-10-13)11-14(17)12-7-3-1-4-8-12/h1-10,14H,11H2,(H,19,20). The zero-order chi connectivity index (χ0) is 14.9. The molecule has 0 bridgehead atoms. The quantitative estimate of drug-likeness (QED) is 0.692. The van der Waals surface area contributed by atoms with Gasteiger partial charge < -0.3 is 9.84 Å². The molecule has 0 amide bonds. The van der Waals surface area contributed by atoms with Crippen molar-refractivity contribution in [1.29, 1.82) is 0 Å². The number of ether oxygens (including phenoxy) is 1. The van der Waals surface area contributed by atoms with Gasteiger partial charge in [-0.2, -0.15) is 0 Å². The second-order valence-corrected chi connectivity index (χ2v) is 5.16. The molecule has 106 valence electrons. The van der Waals surface area contributed by atoms with Crippen LogP contribution in [0.4, 0.5) is 4.79 Å². The molecule has 21 heavy (non-hydrogen) atoms. The number of rotatable bonds is 3. The summed E-state index contributed by atoms with van der Waals surface area (Å²) in [7, 11) is 0. The predicted molar refractivity (Wildman–Crippen MR) is 76.0 cm³/mol. The molecule has 0 aromatic heterocycles. The third-order valence-electron chi connectivity index (χ3n) is 4.00. The van der Waals surface area contributed by atoms with Gasteiger partial charge in [-0.25, -0.2) is 4.79 Å². The zero-order valence-corrected chi connectivity index (χ0v) is 11.2. The fourth-order valence-corrected chi connectivity index (χ4v) is 2.92. The lowest BCUT2D eigenvalue weighted by Gasteiger charge is -2.15. The van der Waals surface area contributed by atoms with Crippen molar-refractivity contribution in [2.45, 2.75) is 17.8 Å². The van der Waals surface area contributed by atoms with Gasteiger partial charge in [-0.3, -0.25) is 4.79 Å². The Bertz CT molecular complexity index is 666. The highest BCUT2D eigenvalue weighted by Gasteiger charge is 2.63. The fourth-order valence-electron chi connectivity index (χ4n) is 2.92. The number of hydrogen-bond acceptors (Lipinski definition) is 3. The van der Waals surface area contributed by atoms with Crippen LogP contribution >= 0.6 is 0 Å². The van der Waals surface area contributed by atoms with E-state index in [1.807, 2.05) is 60.7 Å². The van der Waals surface area contributed by atoms with Crippen molar-refractivity contribution in [3.8, 4) is 0 Å². The molecule has 2 aromatic carbocycles. The van der Waals surface area contributed by atoms with Gasteiger partial charge in [-0.15, -0.1) is 0 Å². The summed E-state index contributed by atoms with van der Waals surface area (Å²) in [6.45, 7) is 0. The molecule has 1 saturated carbocycles. The third-order valence-corrected chi connectivity index (χ3v) is 4.00. The van der Waals surface area contributed by atoms with E-state index >= 15 is 0 Å². The summed E-state index contributed by atoms with van der Waals surface area (Å²) in [5, 5.41) is 8.74. The van der Waals surface area contributed by atoms with Crippen molar-refractivity contribution in [3.05, 3.63) is 71.8 Å². The van der Waals surface area contributed by atoms with Crippen LogP contribution in [0.5, 0.6) is 0 Å². The van der Waals surface area contributed by atoms with Gasteiger partial charge in [0.15, 0.2) is 0 Å². The average molecular weight is 282 g/mol. The maximum atomic E-state index is 12.3. The van der Waals surface area contributed by atoms with Gasteiger partial charge in [0.05, 0.1) is 0 Å². The molecule has 1 aliphatic rings. The van der Waals surface area contributed by atoms with Crippen LogP contribution in [-0.2, 0) is 14.9 Å². The molecule has 0 aliphatic heterocycles. The predicted octanol–water partition coefficient (Wildman–Crippen LogP) is 3.33. The lowest BCUT2D eigenvalue weighted by Crippen LogP contribution is -2.27. The Balaban J connectivity index is 1.99. The number of hydrogen-bond donors (Lipinski definition) is 1. The lowest BCUT2D eigenvalue weighted by molar-refractivity contribution is -0.142. The summed E-state index contributed by atoms with van der Waals surface area (Å²) in [5.41, 5.74) is 0.926. The fraction of sp³-hybridized carbons (Fsp3) is 0.176. The van der Waals surface area contributed by atoms with E-state index in [2.05, 4.69) is 4.74 Å². The van der Waals surface area contributed by atoms with Crippen molar-refractivity contribution in [2.24, 2.45) is 0 Å². The van der Waals surface area contributed by atoms with E-state index in [1.54, 1.807) is 0 Å². The summed E-state index contributed by atoms with van der Waals surface area (Å²) in [6.07, 6.45) is -0.998. The molecule has 2 aromatic rings.